The van der Waals surface area contributed by atoms with Crippen molar-refractivity contribution in [3.63, 3.8) is 0 Å². The van der Waals surface area contributed by atoms with Gasteiger partial charge < -0.3 is 15.5 Å². The number of aliphatic hydroxyl groups is 2. The lowest BCUT2D eigenvalue weighted by atomic mass is 10.1. The van der Waals surface area contributed by atoms with Crippen LogP contribution in [0.1, 0.15) is 6.42 Å². The van der Waals surface area contributed by atoms with Crippen LogP contribution in [0.25, 0.3) is 0 Å². The minimum Gasteiger partial charge on any atom is -0.389 e. The van der Waals surface area contributed by atoms with Crippen molar-refractivity contribution in [2.75, 3.05) is 0 Å². The molecule has 0 amide bonds. The molecule has 4 atom stereocenters. The van der Waals surface area contributed by atoms with E-state index < -0.39 is 12.2 Å². The molecule has 1 aliphatic carbocycles. The normalized spacial score (nSPS) is 60.8. The van der Waals surface area contributed by atoms with Gasteiger partial charge in [0, 0.05) is 12.1 Å². The number of fused-ring (bicyclic) bond motifs is 1. The average molecular weight is 115 g/mol. The second-order valence-electron chi connectivity index (χ2n) is 2.60. The van der Waals surface area contributed by atoms with E-state index >= 15 is 0 Å². The highest BCUT2D eigenvalue weighted by atomic mass is 16.3. The van der Waals surface area contributed by atoms with Crippen LogP contribution in [0.4, 0.5) is 0 Å². The molecule has 3 rings (SSSR count). The second kappa shape index (κ2) is 1.23. The first-order chi connectivity index (χ1) is 3.79. The molecule has 0 aromatic carbocycles. The third kappa shape index (κ3) is 0.354. The third-order valence-electron chi connectivity index (χ3n) is 2.11. The van der Waals surface area contributed by atoms with Crippen molar-refractivity contribution >= 4 is 0 Å². The summed E-state index contributed by atoms with van der Waals surface area (Å²) < 4.78 is 0. The van der Waals surface area contributed by atoms with Gasteiger partial charge in [-0.1, -0.05) is 0 Å². The summed E-state index contributed by atoms with van der Waals surface area (Å²) >= 11 is 0. The molecule has 3 nitrogen and oxygen atoms in total. The van der Waals surface area contributed by atoms with Crippen molar-refractivity contribution in [2.45, 2.75) is 30.7 Å². The van der Waals surface area contributed by atoms with E-state index in [0.717, 1.165) is 6.42 Å². The van der Waals surface area contributed by atoms with Crippen molar-refractivity contribution in [3.8, 4) is 0 Å². The van der Waals surface area contributed by atoms with E-state index in [9.17, 15) is 0 Å². The van der Waals surface area contributed by atoms with Crippen molar-refractivity contribution in [1.82, 2.24) is 5.32 Å². The van der Waals surface area contributed by atoms with Crippen LogP contribution in [-0.4, -0.2) is 34.5 Å². The van der Waals surface area contributed by atoms with E-state index in [4.69, 9.17) is 10.2 Å². The van der Waals surface area contributed by atoms with E-state index in [1.807, 2.05) is 0 Å². The van der Waals surface area contributed by atoms with Gasteiger partial charge in [0.05, 0.1) is 12.2 Å². The first-order valence-corrected chi connectivity index (χ1v) is 2.91. The minimum absolute atomic E-state index is 0.190. The standard InChI is InChI=1S/C5H9NO2/c7-4-2-1-3(6-2)5(4)8/h2-8H,1H2. The molecule has 3 aliphatic rings. The number of hydrogen-bond acceptors (Lipinski definition) is 3. The van der Waals surface area contributed by atoms with Gasteiger partial charge in [-0.15, -0.1) is 0 Å². The number of rotatable bonds is 0. The zero-order chi connectivity index (χ0) is 5.72. The zero-order valence-electron chi connectivity index (χ0n) is 4.41. The molecular formula is C5H9NO2. The van der Waals surface area contributed by atoms with Crippen LogP contribution in [-0.2, 0) is 0 Å². The molecule has 46 valence electrons. The molecule has 1 saturated carbocycles. The SMILES string of the molecule is OC1C2CC(N2)C1O. The fourth-order valence-electron chi connectivity index (χ4n) is 1.48. The Labute approximate surface area is 47.3 Å². The van der Waals surface area contributed by atoms with Crippen LogP contribution in [0.2, 0.25) is 0 Å². The number of aliphatic hydroxyl groups excluding tert-OH is 2. The van der Waals surface area contributed by atoms with E-state index in [-0.39, 0.29) is 12.1 Å². The van der Waals surface area contributed by atoms with Crippen molar-refractivity contribution < 1.29 is 10.2 Å². The van der Waals surface area contributed by atoms with Crippen LogP contribution < -0.4 is 5.32 Å². The van der Waals surface area contributed by atoms with E-state index in [2.05, 4.69) is 5.32 Å². The van der Waals surface area contributed by atoms with Crippen molar-refractivity contribution in [1.29, 1.82) is 0 Å². The molecule has 0 radical (unpaired) electrons. The summed E-state index contributed by atoms with van der Waals surface area (Å²) in [7, 11) is 0. The molecule has 0 aromatic heterocycles. The molecule has 2 aliphatic heterocycles. The van der Waals surface area contributed by atoms with Gasteiger partial charge in [-0.25, -0.2) is 0 Å². The molecule has 2 saturated heterocycles. The van der Waals surface area contributed by atoms with Gasteiger partial charge in [-0.3, -0.25) is 0 Å². The van der Waals surface area contributed by atoms with Crippen LogP contribution >= 0.6 is 0 Å². The quantitative estimate of drug-likeness (QED) is 0.358. The minimum atomic E-state index is -0.500. The smallest absolute Gasteiger partial charge is 0.0967 e. The molecular weight excluding hydrogens is 106 g/mol. The summed E-state index contributed by atoms with van der Waals surface area (Å²) in [6.07, 6.45) is -0.0532. The van der Waals surface area contributed by atoms with Crippen LogP contribution in [0, 0.1) is 0 Å². The van der Waals surface area contributed by atoms with Gasteiger partial charge in [0.25, 0.3) is 0 Å². The van der Waals surface area contributed by atoms with Crippen LogP contribution in [0.15, 0.2) is 0 Å². The van der Waals surface area contributed by atoms with Crippen LogP contribution in [0.5, 0.6) is 0 Å². The average Bonchev–Trinajstić information content (AvgIpc) is 1.89. The molecule has 2 bridgehead atoms. The largest absolute Gasteiger partial charge is 0.389 e. The topological polar surface area (TPSA) is 52.5 Å². The molecule has 0 aromatic rings. The Morgan fingerprint density at radius 2 is 1.50 bits per heavy atom. The lowest BCUT2D eigenvalue weighted by Gasteiger charge is -2.25. The Morgan fingerprint density at radius 1 is 1.12 bits per heavy atom. The second-order valence-corrected chi connectivity index (χ2v) is 2.60. The summed E-state index contributed by atoms with van der Waals surface area (Å²) in [6, 6.07) is 0.380. The first kappa shape index (κ1) is 4.73. The van der Waals surface area contributed by atoms with Gasteiger partial charge in [-0.05, 0) is 6.42 Å². The van der Waals surface area contributed by atoms with E-state index in [1.165, 1.54) is 0 Å². The predicted octanol–water partition coefficient (Wildman–Crippen LogP) is -1.55. The van der Waals surface area contributed by atoms with Crippen molar-refractivity contribution in [2.24, 2.45) is 0 Å². The summed E-state index contributed by atoms with van der Waals surface area (Å²) in [5.74, 6) is 0. The highest BCUT2D eigenvalue weighted by Crippen LogP contribution is 2.30. The summed E-state index contributed by atoms with van der Waals surface area (Å²) in [6.45, 7) is 0. The summed E-state index contributed by atoms with van der Waals surface area (Å²) in [5, 5.41) is 21.0. The number of nitrogens with one attached hydrogen (secondary N) is 1. The van der Waals surface area contributed by atoms with E-state index in [0.29, 0.717) is 0 Å². The van der Waals surface area contributed by atoms with Gasteiger partial charge in [0.15, 0.2) is 0 Å². The Balaban J connectivity index is 2.16. The molecule has 4 unspecified atom stereocenters. The molecule has 0 spiro atoms. The number of hydrogen-bond donors (Lipinski definition) is 3. The van der Waals surface area contributed by atoms with Gasteiger partial charge in [0.2, 0.25) is 0 Å². The first-order valence-electron chi connectivity index (χ1n) is 2.91. The molecule has 3 fully saturated rings. The van der Waals surface area contributed by atoms with Gasteiger partial charge in [0.1, 0.15) is 0 Å². The summed E-state index contributed by atoms with van der Waals surface area (Å²) in [4.78, 5) is 0. The lowest BCUT2D eigenvalue weighted by Crippen LogP contribution is -2.47. The Bertz CT molecular complexity index is 99.0. The van der Waals surface area contributed by atoms with Gasteiger partial charge in [-0.2, -0.15) is 0 Å². The molecule has 2 heterocycles. The van der Waals surface area contributed by atoms with Crippen molar-refractivity contribution in [3.05, 3.63) is 0 Å². The maximum atomic E-state index is 9.00. The predicted molar refractivity (Wildman–Crippen MR) is 27.3 cm³/mol. The Kier molecular flexibility index (Phi) is 0.730. The fourth-order valence-corrected chi connectivity index (χ4v) is 1.48. The summed E-state index contributed by atoms with van der Waals surface area (Å²) in [5.41, 5.74) is 0. The molecule has 3 heteroatoms. The third-order valence-corrected chi connectivity index (χ3v) is 2.11. The maximum Gasteiger partial charge on any atom is 0.0967 e. The highest BCUT2D eigenvalue weighted by molar-refractivity contribution is 5.09. The lowest BCUT2D eigenvalue weighted by molar-refractivity contribution is 0.0561. The Hall–Kier alpha value is -0.120. The van der Waals surface area contributed by atoms with Gasteiger partial charge >= 0.3 is 0 Å². The molecule has 3 N–H and O–H groups in total. The fraction of sp³-hybridized carbons (Fsp3) is 1.00. The maximum absolute atomic E-state index is 9.00. The van der Waals surface area contributed by atoms with Crippen LogP contribution in [0.3, 0.4) is 0 Å². The highest BCUT2D eigenvalue weighted by Gasteiger charge is 2.50. The van der Waals surface area contributed by atoms with E-state index in [1.54, 1.807) is 0 Å². The molecule has 8 heavy (non-hydrogen) atoms. The Morgan fingerprint density at radius 3 is 1.62 bits per heavy atom. The zero-order valence-corrected chi connectivity index (χ0v) is 4.41. The monoisotopic (exact) mass is 115 g/mol.